The van der Waals surface area contributed by atoms with Crippen LogP contribution in [0, 0.1) is 0 Å². The highest BCUT2D eigenvalue weighted by atomic mass is 16.3. The van der Waals surface area contributed by atoms with E-state index in [9.17, 15) is 0 Å². The molecule has 0 aliphatic carbocycles. The van der Waals surface area contributed by atoms with Crippen molar-refractivity contribution in [2.24, 2.45) is 5.73 Å². The summed E-state index contributed by atoms with van der Waals surface area (Å²) < 4.78 is 5.24. The molecule has 2 heterocycles. The van der Waals surface area contributed by atoms with Gasteiger partial charge in [0, 0.05) is 17.8 Å². The second kappa shape index (κ2) is 3.46. The monoisotopic (exact) mass is 214 g/mol. The molecule has 0 radical (unpaired) electrons. The molecule has 0 amide bonds. The lowest BCUT2D eigenvalue weighted by Crippen LogP contribution is -1.95. The van der Waals surface area contributed by atoms with Gasteiger partial charge in [0.15, 0.2) is 12.0 Å². The number of nitrogens with one attached hydrogen (secondary N) is 1. The van der Waals surface area contributed by atoms with Crippen LogP contribution < -0.4 is 5.73 Å². The highest BCUT2D eigenvalue weighted by Gasteiger charge is 2.05. The highest BCUT2D eigenvalue weighted by Crippen LogP contribution is 2.22. The van der Waals surface area contributed by atoms with Gasteiger partial charge in [0.1, 0.15) is 5.52 Å². The molecule has 0 aliphatic heterocycles. The van der Waals surface area contributed by atoms with Gasteiger partial charge in [-0.25, -0.2) is 4.98 Å². The highest BCUT2D eigenvalue weighted by molar-refractivity contribution is 5.78. The average molecular weight is 214 g/mol. The topological polar surface area (TPSA) is 80.7 Å². The molecule has 0 atom stereocenters. The molecule has 0 fully saturated rings. The number of nitrogens with zero attached hydrogens (tertiary/aromatic N) is 2. The summed E-state index contributed by atoms with van der Waals surface area (Å²) in [4.78, 5) is 4.06. The smallest absolute Gasteiger partial charge is 0.181 e. The van der Waals surface area contributed by atoms with Gasteiger partial charge in [-0.1, -0.05) is 6.07 Å². The molecule has 0 saturated heterocycles. The van der Waals surface area contributed by atoms with Gasteiger partial charge < -0.3 is 10.2 Å². The molecule has 2 aromatic heterocycles. The molecule has 3 aromatic rings. The zero-order chi connectivity index (χ0) is 11.0. The molecule has 80 valence electrons. The van der Waals surface area contributed by atoms with E-state index in [-0.39, 0.29) is 0 Å². The lowest BCUT2D eigenvalue weighted by molar-refractivity contribution is 0.602. The van der Waals surface area contributed by atoms with Crippen molar-refractivity contribution in [3.8, 4) is 11.3 Å². The van der Waals surface area contributed by atoms with Gasteiger partial charge in [0.05, 0.1) is 5.69 Å². The maximum Gasteiger partial charge on any atom is 0.181 e. The average Bonchev–Trinajstić information content (AvgIpc) is 2.96. The Morgan fingerprint density at radius 1 is 1.31 bits per heavy atom. The second-order valence-electron chi connectivity index (χ2n) is 3.52. The number of fused-ring (bicyclic) bond motifs is 1. The molecule has 1 aromatic carbocycles. The van der Waals surface area contributed by atoms with Gasteiger partial charge in [0.25, 0.3) is 0 Å². The van der Waals surface area contributed by atoms with Crippen LogP contribution in [0.1, 0.15) is 5.69 Å². The Labute approximate surface area is 91.3 Å². The molecule has 0 unspecified atom stereocenters. The van der Waals surface area contributed by atoms with Crippen molar-refractivity contribution in [2.45, 2.75) is 6.54 Å². The summed E-state index contributed by atoms with van der Waals surface area (Å²) in [6.45, 7) is 0.456. The number of aromatic amines is 1. The molecule has 16 heavy (non-hydrogen) atoms. The molecule has 0 bridgehead atoms. The van der Waals surface area contributed by atoms with Gasteiger partial charge in [0.2, 0.25) is 0 Å². The molecule has 0 saturated carbocycles. The van der Waals surface area contributed by atoms with E-state index in [0.29, 0.717) is 6.54 Å². The third-order valence-corrected chi connectivity index (χ3v) is 2.48. The minimum atomic E-state index is 0.456. The van der Waals surface area contributed by atoms with E-state index in [1.807, 2.05) is 24.3 Å². The summed E-state index contributed by atoms with van der Waals surface area (Å²) in [6, 6.07) is 7.71. The number of nitrogens with two attached hydrogens (primary N) is 1. The Hall–Kier alpha value is -2.14. The SMILES string of the molecule is NCc1cc(-c2ccc3ncoc3c2)n[nH]1. The quantitative estimate of drug-likeness (QED) is 0.680. The fourth-order valence-electron chi connectivity index (χ4n) is 1.63. The van der Waals surface area contributed by atoms with Crippen LogP contribution in [0.5, 0.6) is 0 Å². The standard InChI is InChI=1S/C11H10N4O/c12-5-8-4-10(15-14-8)7-1-2-9-11(3-7)16-6-13-9/h1-4,6H,5,12H2,(H,14,15). The van der Waals surface area contributed by atoms with Gasteiger partial charge >= 0.3 is 0 Å². The number of hydrogen-bond donors (Lipinski definition) is 2. The molecule has 5 heteroatoms. The first-order valence-electron chi connectivity index (χ1n) is 4.95. The van der Waals surface area contributed by atoms with Crippen LogP contribution in [-0.2, 0) is 6.54 Å². The molecular formula is C11H10N4O. The predicted molar refractivity (Wildman–Crippen MR) is 59.5 cm³/mol. The van der Waals surface area contributed by atoms with E-state index < -0.39 is 0 Å². The van der Waals surface area contributed by atoms with Gasteiger partial charge in [-0.15, -0.1) is 0 Å². The van der Waals surface area contributed by atoms with Crippen molar-refractivity contribution in [3.05, 3.63) is 36.4 Å². The Morgan fingerprint density at radius 3 is 3.06 bits per heavy atom. The number of H-pyrrole nitrogens is 1. The minimum absolute atomic E-state index is 0.456. The molecule has 0 spiro atoms. The summed E-state index contributed by atoms with van der Waals surface area (Å²) in [5.41, 5.74) is 9.88. The summed E-state index contributed by atoms with van der Waals surface area (Å²) in [6.07, 6.45) is 1.43. The zero-order valence-corrected chi connectivity index (χ0v) is 8.47. The summed E-state index contributed by atoms with van der Waals surface area (Å²) in [5, 5.41) is 7.06. The summed E-state index contributed by atoms with van der Waals surface area (Å²) in [5.74, 6) is 0. The zero-order valence-electron chi connectivity index (χ0n) is 8.47. The second-order valence-corrected chi connectivity index (χ2v) is 3.52. The van der Waals surface area contributed by atoms with Gasteiger partial charge in [-0.2, -0.15) is 5.10 Å². The molecule has 0 aliphatic rings. The number of oxazole rings is 1. The van der Waals surface area contributed by atoms with Crippen molar-refractivity contribution < 1.29 is 4.42 Å². The lowest BCUT2D eigenvalue weighted by Gasteiger charge is -1.94. The maximum absolute atomic E-state index is 5.52. The van der Waals surface area contributed by atoms with Crippen LogP contribution in [0.2, 0.25) is 0 Å². The maximum atomic E-state index is 5.52. The van der Waals surface area contributed by atoms with E-state index in [1.54, 1.807) is 0 Å². The predicted octanol–water partition coefficient (Wildman–Crippen LogP) is 1.68. The van der Waals surface area contributed by atoms with Gasteiger partial charge in [-0.3, -0.25) is 5.10 Å². The van der Waals surface area contributed by atoms with Crippen molar-refractivity contribution in [1.82, 2.24) is 15.2 Å². The van der Waals surface area contributed by atoms with Crippen LogP contribution in [0.15, 0.2) is 35.1 Å². The van der Waals surface area contributed by atoms with Crippen molar-refractivity contribution in [1.29, 1.82) is 0 Å². The third-order valence-electron chi connectivity index (χ3n) is 2.48. The van der Waals surface area contributed by atoms with E-state index in [4.69, 9.17) is 10.2 Å². The normalized spacial score (nSPS) is 11.1. The Morgan fingerprint density at radius 2 is 2.25 bits per heavy atom. The minimum Gasteiger partial charge on any atom is -0.443 e. The molecular weight excluding hydrogens is 204 g/mol. The number of aromatic nitrogens is 3. The fourth-order valence-corrected chi connectivity index (χ4v) is 1.63. The van der Waals surface area contributed by atoms with Crippen LogP contribution in [-0.4, -0.2) is 15.2 Å². The summed E-state index contributed by atoms with van der Waals surface area (Å²) >= 11 is 0. The number of hydrogen-bond acceptors (Lipinski definition) is 4. The van der Waals surface area contributed by atoms with E-state index >= 15 is 0 Å². The Bertz CT molecular complexity index is 625. The van der Waals surface area contributed by atoms with Crippen LogP contribution in [0.25, 0.3) is 22.4 Å². The van der Waals surface area contributed by atoms with E-state index in [1.165, 1.54) is 6.39 Å². The third kappa shape index (κ3) is 1.38. The Balaban J connectivity index is 2.10. The molecule has 3 N–H and O–H groups in total. The van der Waals surface area contributed by atoms with Crippen molar-refractivity contribution in [3.63, 3.8) is 0 Å². The number of benzene rings is 1. The van der Waals surface area contributed by atoms with E-state index in [0.717, 1.165) is 28.1 Å². The van der Waals surface area contributed by atoms with Crippen LogP contribution >= 0.6 is 0 Å². The van der Waals surface area contributed by atoms with Gasteiger partial charge in [-0.05, 0) is 18.2 Å². The summed E-state index contributed by atoms with van der Waals surface area (Å²) in [7, 11) is 0. The number of rotatable bonds is 2. The van der Waals surface area contributed by atoms with Crippen LogP contribution in [0.3, 0.4) is 0 Å². The largest absolute Gasteiger partial charge is 0.443 e. The van der Waals surface area contributed by atoms with Crippen molar-refractivity contribution in [2.75, 3.05) is 0 Å². The fraction of sp³-hybridized carbons (Fsp3) is 0.0909. The first-order valence-corrected chi connectivity index (χ1v) is 4.95. The first kappa shape index (κ1) is 9.11. The molecule has 3 rings (SSSR count). The van der Waals surface area contributed by atoms with E-state index in [2.05, 4.69) is 15.2 Å². The first-order chi connectivity index (χ1) is 7.86. The Kier molecular flexibility index (Phi) is 1.97. The van der Waals surface area contributed by atoms with Crippen LogP contribution in [0.4, 0.5) is 0 Å². The molecule has 5 nitrogen and oxygen atoms in total. The van der Waals surface area contributed by atoms with Crippen molar-refractivity contribution >= 4 is 11.1 Å². The lowest BCUT2D eigenvalue weighted by atomic mass is 10.1.